The molecule has 0 aliphatic rings. The monoisotopic (exact) mass is 224 g/mol. The Hall–Kier alpha value is -1.06. The lowest BCUT2D eigenvalue weighted by Crippen LogP contribution is -2.04. The number of benzene rings is 1. The van der Waals surface area contributed by atoms with Gasteiger partial charge in [-0.25, -0.2) is 0 Å². The molecule has 0 heterocycles. The highest BCUT2D eigenvalue weighted by atomic mass is 16.5. The van der Waals surface area contributed by atoms with E-state index in [0.717, 1.165) is 31.6 Å². The standard InChI is InChI=1S/C13H20O3/c1-2-10-16-12-8-6-11(7-9-12)4-3-5-13(14)15/h6-9,13-15H,2-5,10H2,1H3. The average Bonchev–Trinajstić information content (AvgIpc) is 2.27. The van der Waals surface area contributed by atoms with E-state index in [9.17, 15) is 0 Å². The Morgan fingerprint density at radius 2 is 1.88 bits per heavy atom. The molecular weight excluding hydrogens is 204 g/mol. The Morgan fingerprint density at radius 3 is 2.44 bits per heavy atom. The Balaban J connectivity index is 2.33. The fourth-order valence-corrected chi connectivity index (χ4v) is 1.46. The van der Waals surface area contributed by atoms with Gasteiger partial charge < -0.3 is 14.9 Å². The van der Waals surface area contributed by atoms with Crippen LogP contribution in [-0.2, 0) is 6.42 Å². The van der Waals surface area contributed by atoms with Gasteiger partial charge in [0, 0.05) is 0 Å². The van der Waals surface area contributed by atoms with E-state index in [1.54, 1.807) is 0 Å². The number of aliphatic hydroxyl groups is 2. The van der Waals surface area contributed by atoms with Crippen LogP contribution in [0.4, 0.5) is 0 Å². The molecule has 0 bridgehead atoms. The topological polar surface area (TPSA) is 49.7 Å². The molecule has 0 radical (unpaired) electrons. The van der Waals surface area contributed by atoms with Gasteiger partial charge in [0.25, 0.3) is 0 Å². The molecule has 1 rings (SSSR count). The minimum atomic E-state index is -1.19. The van der Waals surface area contributed by atoms with E-state index in [4.69, 9.17) is 14.9 Å². The van der Waals surface area contributed by atoms with E-state index >= 15 is 0 Å². The molecule has 0 aliphatic heterocycles. The summed E-state index contributed by atoms with van der Waals surface area (Å²) in [5.41, 5.74) is 1.20. The third-order valence-corrected chi connectivity index (χ3v) is 2.32. The molecule has 0 fully saturated rings. The fourth-order valence-electron chi connectivity index (χ4n) is 1.46. The van der Waals surface area contributed by atoms with Gasteiger partial charge in [-0.3, -0.25) is 0 Å². The van der Waals surface area contributed by atoms with Crippen molar-refractivity contribution in [2.24, 2.45) is 0 Å². The fraction of sp³-hybridized carbons (Fsp3) is 0.538. The van der Waals surface area contributed by atoms with Crippen molar-refractivity contribution < 1.29 is 14.9 Å². The molecule has 90 valence electrons. The van der Waals surface area contributed by atoms with Gasteiger partial charge in [-0.1, -0.05) is 19.1 Å². The predicted molar refractivity (Wildman–Crippen MR) is 63.4 cm³/mol. The number of aliphatic hydroxyl groups excluding tert-OH is 1. The van der Waals surface area contributed by atoms with Crippen LogP contribution < -0.4 is 4.74 Å². The third kappa shape index (κ3) is 5.14. The molecule has 0 spiro atoms. The Bertz CT molecular complexity index is 280. The summed E-state index contributed by atoms with van der Waals surface area (Å²) in [5, 5.41) is 17.4. The van der Waals surface area contributed by atoms with Crippen molar-refractivity contribution >= 4 is 0 Å². The molecular formula is C13H20O3. The molecule has 2 N–H and O–H groups in total. The minimum Gasteiger partial charge on any atom is -0.494 e. The normalized spacial score (nSPS) is 10.8. The summed E-state index contributed by atoms with van der Waals surface area (Å²) in [6.07, 6.45) is 1.90. The number of ether oxygens (including phenoxy) is 1. The van der Waals surface area contributed by atoms with Crippen LogP contribution in [0.15, 0.2) is 24.3 Å². The maximum absolute atomic E-state index is 8.71. The first kappa shape index (κ1) is 13.0. The highest BCUT2D eigenvalue weighted by Crippen LogP contribution is 2.14. The van der Waals surface area contributed by atoms with E-state index in [0.29, 0.717) is 6.42 Å². The first-order valence-corrected chi connectivity index (χ1v) is 5.80. The van der Waals surface area contributed by atoms with Crippen molar-refractivity contribution in [3.63, 3.8) is 0 Å². The molecule has 0 aliphatic carbocycles. The largest absolute Gasteiger partial charge is 0.494 e. The highest BCUT2D eigenvalue weighted by Gasteiger charge is 1.99. The van der Waals surface area contributed by atoms with Gasteiger partial charge in [0.1, 0.15) is 5.75 Å². The van der Waals surface area contributed by atoms with Gasteiger partial charge in [-0.05, 0) is 43.4 Å². The number of aryl methyl sites for hydroxylation is 1. The maximum atomic E-state index is 8.71. The molecule has 0 aromatic heterocycles. The minimum absolute atomic E-state index is 0.425. The van der Waals surface area contributed by atoms with Gasteiger partial charge in [0.05, 0.1) is 6.61 Å². The van der Waals surface area contributed by atoms with Crippen LogP contribution in [-0.4, -0.2) is 23.1 Å². The molecule has 0 atom stereocenters. The third-order valence-electron chi connectivity index (χ3n) is 2.32. The number of rotatable bonds is 7. The summed E-state index contributed by atoms with van der Waals surface area (Å²) < 4.78 is 5.47. The van der Waals surface area contributed by atoms with E-state index < -0.39 is 6.29 Å². The summed E-state index contributed by atoms with van der Waals surface area (Å²) in [5.74, 6) is 0.896. The SMILES string of the molecule is CCCOc1ccc(CCCC(O)O)cc1. The van der Waals surface area contributed by atoms with Crippen LogP contribution in [0.1, 0.15) is 31.7 Å². The molecule has 0 unspecified atom stereocenters. The van der Waals surface area contributed by atoms with Gasteiger partial charge in [-0.15, -0.1) is 0 Å². The van der Waals surface area contributed by atoms with Gasteiger partial charge in [-0.2, -0.15) is 0 Å². The summed E-state index contributed by atoms with van der Waals surface area (Å²) in [4.78, 5) is 0. The zero-order valence-corrected chi connectivity index (χ0v) is 9.72. The molecule has 3 nitrogen and oxygen atoms in total. The van der Waals surface area contributed by atoms with Crippen LogP contribution in [0.25, 0.3) is 0 Å². The summed E-state index contributed by atoms with van der Waals surface area (Å²) in [6.45, 7) is 2.82. The Labute approximate surface area is 96.7 Å². The first-order valence-electron chi connectivity index (χ1n) is 5.80. The van der Waals surface area contributed by atoms with Crippen LogP contribution in [0.2, 0.25) is 0 Å². The van der Waals surface area contributed by atoms with Crippen molar-refractivity contribution in [1.29, 1.82) is 0 Å². The van der Waals surface area contributed by atoms with Gasteiger partial charge in [0.15, 0.2) is 6.29 Å². The van der Waals surface area contributed by atoms with Crippen molar-refractivity contribution in [3.05, 3.63) is 29.8 Å². The molecule has 16 heavy (non-hydrogen) atoms. The molecule has 0 saturated heterocycles. The predicted octanol–water partition coefficient (Wildman–Crippen LogP) is 2.11. The lowest BCUT2D eigenvalue weighted by molar-refractivity contribution is -0.0461. The zero-order chi connectivity index (χ0) is 11.8. The molecule has 3 heteroatoms. The summed E-state index contributed by atoms with van der Waals surface area (Å²) >= 11 is 0. The summed E-state index contributed by atoms with van der Waals surface area (Å²) in [7, 11) is 0. The van der Waals surface area contributed by atoms with Crippen LogP contribution in [0.5, 0.6) is 5.75 Å². The average molecular weight is 224 g/mol. The second-order valence-electron chi connectivity index (χ2n) is 3.87. The number of hydrogen-bond acceptors (Lipinski definition) is 3. The van der Waals surface area contributed by atoms with Crippen molar-refractivity contribution in [3.8, 4) is 5.75 Å². The van der Waals surface area contributed by atoms with Crippen molar-refractivity contribution in [1.82, 2.24) is 0 Å². The van der Waals surface area contributed by atoms with Crippen LogP contribution in [0, 0.1) is 0 Å². The highest BCUT2D eigenvalue weighted by molar-refractivity contribution is 5.27. The van der Waals surface area contributed by atoms with Crippen LogP contribution in [0.3, 0.4) is 0 Å². The van der Waals surface area contributed by atoms with Gasteiger partial charge >= 0.3 is 0 Å². The smallest absolute Gasteiger partial charge is 0.151 e. The number of hydrogen-bond donors (Lipinski definition) is 2. The van der Waals surface area contributed by atoms with Crippen molar-refractivity contribution in [2.45, 2.75) is 38.9 Å². The molecule has 1 aromatic rings. The molecule has 0 saturated carbocycles. The Kier molecular flexibility index (Phi) is 5.90. The van der Waals surface area contributed by atoms with E-state index in [-0.39, 0.29) is 0 Å². The maximum Gasteiger partial charge on any atom is 0.151 e. The molecule has 1 aromatic carbocycles. The van der Waals surface area contributed by atoms with Crippen molar-refractivity contribution in [2.75, 3.05) is 6.61 Å². The zero-order valence-electron chi connectivity index (χ0n) is 9.72. The molecule has 0 amide bonds. The second-order valence-corrected chi connectivity index (χ2v) is 3.87. The summed E-state index contributed by atoms with van der Waals surface area (Å²) in [6, 6.07) is 7.96. The van der Waals surface area contributed by atoms with Gasteiger partial charge in [0.2, 0.25) is 0 Å². The second kappa shape index (κ2) is 7.25. The lowest BCUT2D eigenvalue weighted by Gasteiger charge is -2.06. The Morgan fingerprint density at radius 1 is 1.19 bits per heavy atom. The van der Waals surface area contributed by atoms with E-state index in [1.165, 1.54) is 5.56 Å². The lowest BCUT2D eigenvalue weighted by atomic mass is 10.1. The first-order chi connectivity index (χ1) is 7.72. The quantitative estimate of drug-likeness (QED) is 0.697. The van der Waals surface area contributed by atoms with E-state index in [2.05, 4.69) is 6.92 Å². The van der Waals surface area contributed by atoms with E-state index in [1.807, 2.05) is 24.3 Å². The van der Waals surface area contributed by atoms with Crippen LogP contribution >= 0.6 is 0 Å².